The maximum absolute atomic E-state index is 13.4. The Bertz CT molecular complexity index is 1070. The summed E-state index contributed by atoms with van der Waals surface area (Å²) in [6.45, 7) is 0. The Hall–Kier alpha value is -2.55. The molecule has 4 heteroatoms. The molecule has 0 fully saturated rings. The van der Waals surface area contributed by atoms with Crippen molar-refractivity contribution in [3.8, 4) is 0 Å². The Morgan fingerprint density at radius 3 is 2.12 bits per heavy atom. The largest absolute Gasteiger partial charge is 0.361 e. The molecule has 0 amide bonds. The maximum Gasteiger partial charge on any atom is 0.174 e. The minimum Gasteiger partial charge on any atom is -0.361 e. The van der Waals surface area contributed by atoms with E-state index in [1.165, 1.54) is 0 Å². The molecule has 2 nitrogen and oxygen atoms in total. The highest BCUT2D eigenvalue weighted by Gasteiger charge is 2.26. The molecule has 0 radical (unpaired) electrons. The molecule has 4 aromatic rings. The van der Waals surface area contributed by atoms with Crippen LogP contribution in [0.25, 0.3) is 10.9 Å². The molecule has 0 aliphatic carbocycles. The first kappa shape index (κ1) is 16.9. The number of H-pyrrole nitrogens is 1. The fraction of sp³-hybridized carbons (Fsp3) is 0.0455. The van der Waals surface area contributed by atoms with Crippen molar-refractivity contribution in [3.63, 3.8) is 0 Å². The standard InChI is InChI=1S/C22H15Cl2NO/c23-16-9-5-14(6-10-16)21(22(26)15-7-11-17(24)12-8-15)19-13-25-20-4-2-1-3-18(19)20/h1-13,21,25H. The molecule has 0 bridgehead atoms. The first-order valence-corrected chi connectivity index (χ1v) is 9.00. The number of benzene rings is 3. The van der Waals surface area contributed by atoms with E-state index in [9.17, 15) is 4.79 Å². The minimum absolute atomic E-state index is 0.0220. The van der Waals surface area contributed by atoms with Gasteiger partial charge in [-0.2, -0.15) is 0 Å². The van der Waals surface area contributed by atoms with E-state index in [2.05, 4.69) is 4.98 Å². The molecule has 0 saturated carbocycles. The van der Waals surface area contributed by atoms with Crippen molar-refractivity contribution in [1.29, 1.82) is 0 Å². The molecule has 4 rings (SSSR count). The molecule has 26 heavy (non-hydrogen) atoms. The van der Waals surface area contributed by atoms with Crippen molar-refractivity contribution in [1.82, 2.24) is 4.98 Å². The second kappa shape index (κ2) is 6.99. The van der Waals surface area contributed by atoms with Gasteiger partial charge in [0.05, 0.1) is 5.92 Å². The predicted molar refractivity (Wildman–Crippen MR) is 107 cm³/mol. The quantitative estimate of drug-likeness (QED) is 0.403. The third-order valence-electron chi connectivity index (χ3n) is 4.53. The smallest absolute Gasteiger partial charge is 0.174 e. The zero-order valence-electron chi connectivity index (χ0n) is 13.7. The van der Waals surface area contributed by atoms with E-state index in [4.69, 9.17) is 23.2 Å². The SMILES string of the molecule is O=C(c1ccc(Cl)cc1)C(c1ccc(Cl)cc1)c1c[nH]c2ccccc12. The molecule has 1 N–H and O–H groups in total. The van der Waals surface area contributed by atoms with Crippen molar-refractivity contribution in [3.05, 3.63) is 106 Å². The summed E-state index contributed by atoms with van der Waals surface area (Å²) in [6.07, 6.45) is 1.91. The van der Waals surface area contributed by atoms with Crippen LogP contribution in [0.3, 0.4) is 0 Å². The first-order chi connectivity index (χ1) is 12.6. The lowest BCUT2D eigenvalue weighted by molar-refractivity contribution is 0.0974. The maximum atomic E-state index is 13.4. The number of hydrogen-bond donors (Lipinski definition) is 1. The number of ketones is 1. The van der Waals surface area contributed by atoms with Gasteiger partial charge < -0.3 is 4.98 Å². The van der Waals surface area contributed by atoms with Crippen molar-refractivity contribution >= 4 is 39.9 Å². The van der Waals surface area contributed by atoms with E-state index in [1.54, 1.807) is 24.3 Å². The van der Waals surface area contributed by atoms with Crippen molar-refractivity contribution in [2.24, 2.45) is 0 Å². The number of rotatable bonds is 4. The van der Waals surface area contributed by atoms with Crippen LogP contribution in [0.1, 0.15) is 27.4 Å². The fourth-order valence-electron chi connectivity index (χ4n) is 3.24. The lowest BCUT2D eigenvalue weighted by Gasteiger charge is -2.17. The molecule has 1 heterocycles. The van der Waals surface area contributed by atoms with Crippen molar-refractivity contribution < 1.29 is 4.79 Å². The van der Waals surface area contributed by atoms with Crippen LogP contribution in [0, 0.1) is 0 Å². The molecule has 0 saturated heterocycles. The zero-order chi connectivity index (χ0) is 18.1. The molecule has 0 aliphatic rings. The summed E-state index contributed by atoms with van der Waals surface area (Å²) in [5.41, 5.74) is 3.48. The fourth-order valence-corrected chi connectivity index (χ4v) is 3.49. The van der Waals surface area contributed by atoms with Gasteiger partial charge in [0.25, 0.3) is 0 Å². The molecular formula is C22H15Cl2NO. The summed E-state index contributed by atoms with van der Waals surface area (Å²) >= 11 is 12.0. The van der Waals surface area contributed by atoms with Gasteiger partial charge >= 0.3 is 0 Å². The molecule has 0 aliphatic heterocycles. The predicted octanol–water partition coefficient (Wildman–Crippen LogP) is 6.49. The normalized spacial score (nSPS) is 12.2. The van der Waals surface area contributed by atoms with Gasteiger partial charge in [-0.25, -0.2) is 0 Å². The Morgan fingerprint density at radius 2 is 1.42 bits per heavy atom. The highest BCUT2D eigenvalue weighted by molar-refractivity contribution is 6.31. The van der Waals surface area contributed by atoms with Crippen LogP contribution in [-0.2, 0) is 0 Å². The number of para-hydroxylation sites is 1. The monoisotopic (exact) mass is 379 g/mol. The lowest BCUT2D eigenvalue weighted by Crippen LogP contribution is -2.14. The van der Waals surface area contributed by atoms with E-state index < -0.39 is 5.92 Å². The Labute approximate surface area is 161 Å². The van der Waals surface area contributed by atoms with Gasteiger partial charge in [-0.15, -0.1) is 0 Å². The van der Waals surface area contributed by atoms with Crippen LogP contribution < -0.4 is 0 Å². The number of nitrogens with one attached hydrogen (secondary N) is 1. The van der Waals surface area contributed by atoms with E-state index >= 15 is 0 Å². The summed E-state index contributed by atoms with van der Waals surface area (Å²) in [5, 5.41) is 2.29. The highest BCUT2D eigenvalue weighted by atomic mass is 35.5. The summed E-state index contributed by atoms with van der Waals surface area (Å²) < 4.78 is 0. The van der Waals surface area contributed by atoms with E-state index in [0.717, 1.165) is 22.0 Å². The van der Waals surface area contributed by atoms with Gasteiger partial charge in [0.15, 0.2) is 5.78 Å². The number of aromatic nitrogens is 1. The number of fused-ring (bicyclic) bond motifs is 1. The van der Waals surface area contributed by atoms with Gasteiger partial charge in [-0.3, -0.25) is 4.79 Å². The van der Waals surface area contributed by atoms with Crippen LogP contribution in [0.2, 0.25) is 10.0 Å². The lowest BCUT2D eigenvalue weighted by atomic mass is 9.84. The molecule has 3 aromatic carbocycles. The van der Waals surface area contributed by atoms with Crippen molar-refractivity contribution in [2.75, 3.05) is 0 Å². The number of carbonyl (C=O) groups excluding carboxylic acids is 1. The number of aromatic amines is 1. The van der Waals surface area contributed by atoms with Gasteiger partial charge in [0.2, 0.25) is 0 Å². The van der Waals surface area contributed by atoms with Crippen LogP contribution in [-0.4, -0.2) is 10.8 Å². The van der Waals surface area contributed by atoms with Crippen LogP contribution >= 0.6 is 23.2 Å². The molecule has 1 unspecified atom stereocenters. The van der Waals surface area contributed by atoms with Gasteiger partial charge in [-0.05, 0) is 53.6 Å². The van der Waals surface area contributed by atoms with Gasteiger partial charge in [0.1, 0.15) is 0 Å². The second-order valence-electron chi connectivity index (χ2n) is 6.15. The second-order valence-corrected chi connectivity index (χ2v) is 7.02. The molecule has 1 atom stereocenters. The molecular weight excluding hydrogens is 365 g/mol. The van der Waals surface area contributed by atoms with Crippen LogP contribution in [0.5, 0.6) is 0 Å². The average Bonchev–Trinajstić information content (AvgIpc) is 3.08. The van der Waals surface area contributed by atoms with E-state index in [1.807, 2.05) is 54.7 Å². The first-order valence-electron chi connectivity index (χ1n) is 8.25. The van der Waals surface area contributed by atoms with Crippen molar-refractivity contribution in [2.45, 2.75) is 5.92 Å². The Balaban J connectivity index is 1.88. The summed E-state index contributed by atoms with van der Waals surface area (Å²) in [6, 6.07) is 22.4. The van der Waals surface area contributed by atoms with Gasteiger partial charge in [-0.1, -0.05) is 53.5 Å². The zero-order valence-corrected chi connectivity index (χ0v) is 15.3. The summed E-state index contributed by atoms with van der Waals surface area (Å²) in [7, 11) is 0. The number of hydrogen-bond acceptors (Lipinski definition) is 1. The Kier molecular flexibility index (Phi) is 4.54. The summed E-state index contributed by atoms with van der Waals surface area (Å²) in [5.74, 6) is -0.404. The third kappa shape index (κ3) is 3.14. The van der Waals surface area contributed by atoms with E-state index in [0.29, 0.717) is 15.6 Å². The molecule has 1 aromatic heterocycles. The third-order valence-corrected chi connectivity index (χ3v) is 5.03. The highest BCUT2D eigenvalue weighted by Crippen LogP contribution is 2.34. The topological polar surface area (TPSA) is 32.9 Å². The average molecular weight is 380 g/mol. The van der Waals surface area contributed by atoms with Gasteiger partial charge in [0, 0.05) is 32.7 Å². The van der Waals surface area contributed by atoms with Crippen LogP contribution in [0.4, 0.5) is 0 Å². The number of carbonyl (C=O) groups is 1. The van der Waals surface area contributed by atoms with E-state index in [-0.39, 0.29) is 5.78 Å². The number of Topliss-reactive ketones (excluding diaryl/α,β-unsaturated/α-hetero) is 1. The molecule has 128 valence electrons. The Morgan fingerprint density at radius 1 is 0.808 bits per heavy atom. The van der Waals surface area contributed by atoms with Crippen LogP contribution in [0.15, 0.2) is 79.0 Å². The number of halogens is 2. The molecule has 0 spiro atoms. The minimum atomic E-state index is -0.426. The summed E-state index contributed by atoms with van der Waals surface area (Å²) in [4.78, 5) is 16.7.